The molecule has 24 heavy (non-hydrogen) atoms. The van der Waals surface area contributed by atoms with Crippen LogP contribution in [-0.4, -0.2) is 42.4 Å². The van der Waals surface area contributed by atoms with E-state index in [2.05, 4.69) is 10.6 Å². The lowest BCUT2D eigenvalue weighted by Gasteiger charge is -2.20. The first-order chi connectivity index (χ1) is 11.6. The minimum Gasteiger partial charge on any atom is -0.389 e. The molecule has 1 saturated heterocycles. The zero-order chi connectivity index (χ0) is 16.9. The minimum atomic E-state index is -0.722. The van der Waals surface area contributed by atoms with Gasteiger partial charge in [0.2, 0.25) is 5.91 Å². The smallest absolute Gasteiger partial charge is 0.223 e. The number of hydrogen-bond acceptors (Lipinski definition) is 4. The summed E-state index contributed by atoms with van der Waals surface area (Å²) in [6, 6.07) is 6.29. The predicted molar refractivity (Wildman–Crippen MR) is 87.7 cm³/mol. The standard InChI is InChI=1S/C18H25FN2O3/c19-14-8-4-3-7-13(14)9-20-15-11-24-16(17(15)22)10-21-18(23)12-5-1-2-6-12/h3-4,7-8,12,15-17,20,22H,1-2,5-6,9-11H2,(H,21,23). The van der Waals surface area contributed by atoms with Crippen LogP contribution in [0.4, 0.5) is 4.39 Å². The number of halogens is 1. The summed E-state index contributed by atoms with van der Waals surface area (Å²) in [5, 5.41) is 16.4. The molecule has 3 unspecified atom stereocenters. The highest BCUT2D eigenvalue weighted by molar-refractivity contribution is 5.78. The van der Waals surface area contributed by atoms with Gasteiger partial charge in [0.05, 0.1) is 18.8 Å². The fourth-order valence-corrected chi connectivity index (χ4v) is 3.46. The van der Waals surface area contributed by atoms with Crippen LogP contribution >= 0.6 is 0 Å². The van der Waals surface area contributed by atoms with Gasteiger partial charge in [-0.2, -0.15) is 0 Å². The fraction of sp³-hybridized carbons (Fsp3) is 0.611. The van der Waals surface area contributed by atoms with E-state index in [1.807, 2.05) is 0 Å². The number of aliphatic hydroxyl groups is 1. The molecule has 2 fully saturated rings. The molecular weight excluding hydrogens is 311 g/mol. The lowest BCUT2D eigenvalue weighted by atomic mass is 10.1. The van der Waals surface area contributed by atoms with Crippen molar-refractivity contribution in [1.82, 2.24) is 10.6 Å². The van der Waals surface area contributed by atoms with Crippen molar-refractivity contribution in [1.29, 1.82) is 0 Å². The average molecular weight is 336 g/mol. The van der Waals surface area contributed by atoms with Gasteiger partial charge in [0, 0.05) is 24.6 Å². The zero-order valence-electron chi connectivity index (χ0n) is 13.7. The molecule has 3 rings (SSSR count). The van der Waals surface area contributed by atoms with Crippen molar-refractivity contribution in [3.63, 3.8) is 0 Å². The first kappa shape index (κ1) is 17.3. The van der Waals surface area contributed by atoms with Gasteiger partial charge < -0.3 is 20.5 Å². The second kappa shape index (κ2) is 8.05. The zero-order valence-corrected chi connectivity index (χ0v) is 13.7. The highest BCUT2D eigenvalue weighted by atomic mass is 19.1. The van der Waals surface area contributed by atoms with Gasteiger partial charge in [-0.05, 0) is 18.9 Å². The van der Waals surface area contributed by atoms with Crippen LogP contribution in [0, 0.1) is 11.7 Å². The van der Waals surface area contributed by atoms with Crippen LogP contribution in [0.1, 0.15) is 31.2 Å². The highest BCUT2D eigenvalue weighted by Crippen LogP contribution is 2.24. The largest absolute Gasteiger partial charge is 0.389 e. The molecule has 6 heteroatoms. The number of nitrogens with one attached hydrogen (secondary N) is 2. The molecule has 132 valence electrons. The van der Waals surface area contributed by atoms with E-state index in [9.17, 15) is 14.3 Å². The van der Waals surface area contributed by atoms with Crippen molar-refractivity contribution in [3.8, 4) is 0 Å². The second-order valence-corrected chi connectivity index (χ2v) is 6.67. The molecule has 5 nitrogen and oxygen atoms in total. The normalized spacial score (nSPS) is 27.5. The molecule has 0 radical (unpaired) electrons. The predicted octanol–water partition coefficient (Wildman–Crippen LogP) is 1.35. The Bertz CT molecular complexity index is 563. The molecule has 1 aromatic carbocycles. The van der Waals surface area contributed by atoms with Gasteiger partial charge in [0.15, 0.2) is 0 Å². The topological polar surface area (TPSA) is 70.6 Å². The van der Waals surface area contributed by atoms with Crippen LogP contribution in [0.5, 0.6) is 0 Å². The average Bonchev–Trinajstić information content (AvgIpc) is 3.23. The number of rotatable bonds is 6. The van der Waals surface area contributed by atoms with Crippen molar-refractivity contribution < 1.29 is 19.0 Å². The van der Waals surface area contributed by atoms with Crippen LogP contribution in [0.15, 0.2) is 24.3 Å². The Hall–Kier alpha value is -1.50. The van der Waals surface area contributed by atoms with Gasteiger partial charge in [-0.25, -0.2) is 4.39 Å². The molecule has 1 aromatic rings. The van der Waals surface area contributed by atoms with Gasteiger partial charge >= 0.3 is 0 Å². The van der Waals surface area contributed by atoms with Gasteiger partial charge in [-0.15, -0.1) is 0 Å². The lowest BCUT2D eigenvalue weighted by Crippen LogP contribution is -2.45. The molecular formula is C18H25FN2O3. The van der Waals surface area contributed by atoms with Crippen molar-refractivity contribution in [2.45, 2.75) is 50.5 Å². The van der Waals surface area contributed by atoms with Crippen molar-refractivity contribution in [3.05, 3.63) is 35.6 Å². The van der Waals surface area contributed by atoms with Crippen molar-refractivity contribution >= 4 is 5.91 Å². The summed E-state index contributed by atoms with van der Waals surface area (Å²) in [5.41, 5.74) is 0.558. The molecule has 1 heterocycles. The maximum absolute atomic E-state index is 13.6. The van der Waals surface area contributed by atoms with E-state index in [0.29, 0.717) is 25.3 Å². The van der Waals surface area contributed by atoms with E-state index in [0.717, 1.165) is 25.7 Å². The first-order valence-corrected chi connectivity index (χ1v) is 8.69. The summed E-state index contributed by atoms with van der Waals surface area (Å²) in [4.78, 5) is 12.0. The number of aliphatic hydroxyl groups excluding tert-OH is 1. The molecule has 0 bridgehead atoms. The van der Waals surface area contributed by atoms with E-state index in [1.165, 1.54) is 6.07 Å². The molecule has 1 amide bonds. The molecule has 1 aliphatic carbocycles. The third-order valence-corrected chi connectivity index (χ3v) is 5.00. The van der Waals surface area contributed by atoms with Crippen LogP contribution in [0.25, 0.3) is 0 Å². The first-order valence-electron chi connectivity index (χ1n) is 8.69. The van der Waals surface area contributed by atoms with E-state index in [1.54, 1.807) is 18.2 Å². The van der Waals surface area contributed by atoms with Crippen molar-refractivity contribution in [2.24, 2.45) is 5.92 Å². The number of hydrogen-bond donors (Lipinski definition) is 3. The van der Waals surface area contributed by atoms with Crippen LogP contribution in [0.3, 0.4) is 0 Å². The SMILES string of the molecule is O=C(NCC1OCC(NCc2ccccc2F)C1O)C1CCCC1. The maximum Gasteiger partial charge on any atom is 0.223 e. The van der Waals surface area contributed by atoms with Gasteiger partial charge in [0.1, 0.15) is 11.9 Å². The third-order valence-electron chi connectivity index (χ3n) is 5.00. The molecule has 1 aliphatic heterocycles. The van der Waals surface area contributed by atoms with Gasteiger partial charge in [0.25, 0.3) is 0 Å². The maximum atomic E-state index is 13.6. The number of carbonyl (C=O) groups excluding carboxylic acids is 1. The Morgan fingerprint density at radius 1 is 1.29 bits per heavy atom. The number of carbonyl (C=O) groups is 1. The molecule has 0 aromatic heterocycles. The number of amides is 1. The molecule has 1 saturated carbocycles. The van der Waals surface area contributed by atoms with E-state index >= 15 is 0 Å². The summed E-state index contributed by atoms with van der Waals surface area (Å²) in [6.07, 6.45) is 2.99. The summed E-state index contributed by atoms with van der Waals surface area (Å²) >= 11 is 0. The fourth-order valence-electron chi connectivity index (χ4n) is 3.46. The van der Waals surface area contributed by atoms with E-state index in [-0.39, 0.29) is 23.7 Å². The Labute approximate surface area is 141 Å². The Morgan fingerprint density at radius 3 is 2.79 bits per heavy atom. The summed E-state index contributed by atoms with van der Waals surface area (Å²) in [5.74, 6) is -0.0941. The Balaban J connectivity index is 1.43. The molecule has 3 atom stereocenters. The molecule has 0 spiro atoms. The molecule has 2 aliphatic rings. The quantitative estimate of drug-likeness (QED) is 0.733. The summed E-state index contributed by atoms with van der Waals surface area (Å²) < 4.78 is 19.2. The number of benzene rings is 1. The van der Waals surface area contributed by atoms with Gasteiger partial charge in [-0.3, -0.25) is 4.79 Å². The van der Waals surface area contributed by atoms with Crippen LogP contribution < -0.4 is 10.6 Å². The minimum absolute atomic E-state index is 0.0612. The highest BCUT2D eigenvalue weighted by Gasteiger charge is 2.36. The Morgan fingerprint density at radius 2 is 2.04 bits per heavy atom. The third kappa shape index (κ3) is 4.12. The summed E-state index contributed by atoms with van der Waals surface area (Å²) in [7, 11) is 0. The van der Waals surface area contributed by atoms with Gasteiger partial charge in [-0.1, -0.05) is 31.0 Å². The van der Waals surface area contributed by atoms with Crippen LogP contribution in [-0.2, 0) is 16.1 Å². The lowest BCUT2D eigenvalue weighted by molar-refractivity contribution is -0.125. The van der Waals surface area contributed by atoms with E-state index in [4.69, 9.17) is 4.74 Å². The summed E-state index contributed by atoms with van der Waals surface area (Å²) in [6.45, 7) is 0.993. The Kier molecular flexibility index (Phi) is 5.81. The van der Waals surface area contributed by atoms with E-state index < -0.39 is 12.2 Å². The second-order valence-electron chi connectivity index (χ2n) is 6.67. The van der Waals surface area contributed by atoms with Crippen LogP contribution in [0.2, 0.25) is 0 Å². The molecule has 3 N–H and O–H groups in total. The number of ether oxygens (including phenoxy) is 1. The monoisotopic (exact) mass is 336 g/mol. The van der Waals surface area contributed by atoms with Crippen molar-refractivity contribution in [2.75, 3.05) is 13.2 Å².